The molecule has 1 fully saturated rings. The summed E-state index contributed by atoms with van der Waals surface area (Å²) in [6.45, 7) is 3.30. The normalized spacial score (nSPS) is 15.6. The van der Waals surface area contributed by atoms with E-state index >= 15 is 0 Å². The van der Waals surface area contributed by atoms with E-state index in [-0.39, 0.29) is 5.91 Å². The van der Waals surface area contributed by atoms with Gasteiger partial charge in [0.05, 0.1) is 18.0 Å². The van der Waals surface area contributed by atoms with Crippen molar-refractivity contribution in [2.75, 3.05) is 23.8 Å². The van der Waals surface area contributed by atoms with Crippen molar-refractivity contribution in [2.24, 2.45) is 0 Å². The van der Waals surface area contributed by atoms with Crippen LogP contribution in [0.1, 0.15) is 19.8 Å². The van der Waals surface area contributed by atoms with Gasteiger partial charge in [-0.1, -0.05) is 0 Å². The number of hydrogen-bond acceptors (Lipinski definition) is 3. The number of amides is 1. The lowest BCUT2D eigenvalue weighted by molar-refractivity contribution is -0.117. The Morgan fingerprint density at radius 1 is 1.50 bits per heavy atom. The predicted octanol–water partition coefficient (Wildman–Crippen LogP) is 1.79. The molecule has 0 atom stereocenters. The van der Waals surface area contributed by atoms with E-state index in [4.69, 9.17) is 10.5 Å². The Labute approximate surface area is 95.0 Å². The van der Waals surface area contributed by atoms with Gasteiger partial charge in [-0.15, -0.1) is 0 Å². The van der Waals surface area contributed by atoms with E-state index in [9.17, 15) is 4.79 Å². The molecule has 0 spiro atoms. The number of carbonyl (C=O) groups is 1. The zero-order valence-electron chi connectivity index (χ0n) is 9.40. The Morgan fingerprint density at radius 3 is 2.88 bits per heavy atom. The zero-order valence-corrected chi connectivity index (χ0v) is 9.40. The van der Waals surface area contributed by atoms with Crippen LogP contribution in [0.3, 0.4) is 0 Å². The number of nitrogens with zero attached hydrogens (tertiary/aromatic N) is 1. The molecule has 2 rings (SSSR count). The number of nitrogens with two attached hydrogens (primary N) is 1. The molecule has 2 N–H and O–H groups in total. The van der Waals surface area contributed by atoms with Gasteiger partial charge >= 0.3 is 0 Å². The lowest BCUT2D eigenvalue weighted by Gasteiger charge is -2.18. The van der Waals surface area contributed by atoms with Crippen LogP contribution in [0, 0.1) is 0 Å². The Hall–Kier alpha value is -1.71. The van der Waals surface area contributed by atoms with Crippen LogP contribution < -0.4 is 15.4 Å². The van der Waals surface area contributed by atoms with Crippen molar-refractivity contribution in [1.82, 2.24) is 0 Å². The van der Waals surface area contributed by atoms with Crippen molar-refractivity contribution >= 4 is 17.3 Å². The maximum Gasteiger partial charge on any atom is 0.227 e. The van der Waals surface area contributed by atoms with Crippen LogP contribution >= 0.6 is 0 Å². The van der Waals surface area contributed by atoms with Gasteiger partial charge in [-0.3, -0.25) is 4.79 Å². The molecule has 1 aliphatic heterocycles. The highest BCUT2D eigenvalue weighted by Crippen LogP contribution is 2.30. The molecular formula is C12H16N2O2. The SMILES string of the molecule is CCOc1ccc(N2CCCC2=O)c(N)c1. The van der Waals surface area contributed by atoms with Gasteiger partial charge in [-0.2, -0.15) is 0 Å². The number of hydrogen-bond donors (Lipinski definition) is 1. The lowest BCUT2D eigenvalue weighted by Crippen LogP contribution is -2.24. The van der Waals surface area contributed by atoms with Gasteiger partial charge in [0.25, 0.3) is 0 Å². The summed E-state index contributed by atoms with van der Waals surface area (Å²) in [6, 6.07) is 5.47. The summed E-state index contributed by atoms with van der Waals surface area (Å²) in [7, 11) is 0. The van der Waals surface area contributed by atoms with Gasteiger partial charge in [-0.05, 0) is 25.5 Å². The van der Waals surface area contributed by atoms with E-state index in [2.05, 4.69) is 0 Å². The summed E-state index contributed by atoms with van der Waals surface area (Å²) < 4.78 is 5.35. The van der Waals surface area contributed by atoms with Gasteiger partial charge in [-0.25, -0.2) is 0 Å². The molecule has 0 unspecified atom stereocenters. The van der Waals surface area contributed by atoms with E-state index in [1.807, 2.05) is 19.1 Å². The topological polar surface area (TPSA) is 55.6 Å². The number of ether oxygens (including phenoxy) is 1. The minimum Gasteiger partial charge on any atom is -0.494 e. The molecule has 1 aliphatic rings. The monoisotopic (exact) mass is 220 g/mol. The summed E-state index contributed by atoms with van der Waals surface area (Å²) in [4.78, 5) is 13.3. The van der Waals surface area contributed by atoms with Crippen LogP contribution in [-0.4, -0.2) is 19.1 Å². The number of carbonyl (C=O) groups excluding carboxylic acids is 1. The minimum absolute atomic E-state index is 0.149. The largest absolute Gasteiger partial charge is 0.494 e. The quantitative estimate of drug-likeness (QED) is 0.790. The third kappa shape index (κ3) is 1.96. The molecule has 1 aromatic rings. The first-order valence-corrected chi connectivity index (χ1v) is 5.55. The molecule has 0 aromatic heterocycles. The summed E-state index contributed by atoms with van der Waals surface area (Å²) >= 11 is 0. The van der Waals surface area contributed by atoms with Crippen molar-refractivity contribution in [2.45, 2.75) is 19.8 Å². The van der Waals surface area contributed by atoms with Crippen molar-refractivity contribution in [3.8, 4) is 5.75 Å². The van der Waals surface area contributed by atoms with Crippen LogP contribution in [0.4, 0.5) is 11.4 Å². The van der Waals surface area contributed by atoms with E-state index in [0.717, 1.165) is 24.4 Å². The van der Waals surface area contributed by atoms with E-state index < -0.39 is 0 Å². The highest BCUT2D eigenvalue weighted by Gasteiger charge is 2.23. The van der Waals surface area contributed by atoms with E-state index in [0.29, 0.717) is 18.7 Å². The van der Waals surface area contributed by atoms with Crippen molar-refractivity contribution in [3.05, 3.63) is 18.2 Å². The Kier molecular flexibility index (Phi) is 2.99. The Bertz CT molecular complexity index is 404. The Morgan fingerprint density at radius 2 is 2.31 bits per heavy atom. The summed E-state index contributed by atoms with van der Waals surface area (Å²) in [5.41, 5.74) is 7.32. The van der Waals surface area contributed by atoms with E-state index in [1.54, 1.807) is 11.0 Å². The fourth-order valence-corrected chi connectivity index (χ4v) is 1.94. The predicted molar refractivity (Wildman–Crippen MR) is 63.6 cm³/mol. The average molecular weight is 220 g/mol. The smallest absolute Gasteiger partial charge is 0.227 e. The van der Waals surface area contributed by atoms with Crippen LogP contribution in [0.15, 0.2) is 18.2 Å². The first-order valence-electron chi connectivity index (χ1n) is 5.55. The van der Waals surface area contributed by atoms with Crippen molar-refractivity contribution in [1.29, 1.82) is 0 Å². The Balaban J connectivity index is 2.25. The fourth-order valence-electron chi connectivity index (χ4n) is 1.94. The van der Waals surface area contributed by atoms with Gasteiger partial charge in [0.2, 0.25) is 5.91 Å². The second-order valence-corrected chi connectivity index (χ2v) is 3.80. The molecule has 1 amide bonds. The molecule has 1 aromatic carbocycles. The van der Waals surface area contributed by atoms with Gasteiger partial charge in [0.15, 0.2) is 0 Å². The number of nitrogen functional groups attached to an aromatic ring is 1. The molecule has 1 saturated heterocycles. The first kappa shape index (κ1) is 10.8. The van der Waals surface area contributed by atoms with Crippen LogP contribution in [-0.2, 0) is 4.79 Å². The van der Waals surface area contributed by atoms with E-state index in [1.165, 1.54) is 0 Å². The van der Waals surface area contributed by atoms with Gasteiger partial charge in [0, 0.05) is 19.0 Å². The number of rotatable bonds is 3. The molecule has 86 valence electrons. The maximum absolute atomic E-state index is 11.6. The number of benzene rings is 1. The van der Waals surface area contributed by atoms with Gasteiger partial charge in [0.1, 0.15) is 5.75 Å². The molecule has 1 heterocycles. The van der Waals surface area contributed by atoms with Crippen LogP contribution in [0.2, 0.25) is 0 Å². The molecule has 0 bridgehead atoms. The highest BCUT2D eigenvalue weighted by molar-refractivity contribution is 5.98. The molecular weight excluding hydrogens is 204 g/mol. The van der Waals surface area contributed by atoms with Crippen molar-refractivity contribution in [3.63, 3.8) is 0 Å². The third-order valence-corrected chi connectivity index (χ3v) is 2.67. The molecule has 0 saturated carbocycles. The average Bonchev–Trinajstić information content (AvgIpc) is 2.65. The second-order valence-electron chi connectivity index (χ2n) is 3.80. The van der Waals surface area contributed by atoms with Crippen LogP contribution in [0.25, 0.3) is 0 Å². The summed E-state index contributed by atoms with van der Waals surface area (Å²) in [6.07, 6.45) is 1.53. The van der Waals surface area contributed by atoms with Gasteiger partial charge < -0.3 is 15.4 Å². The first-order chi connectivity index (χ1) is 7.72. The molecule has 4 nitrogen and oxygen atoms in total. The van der Waals surface area contributed by atoms with Crippen molar-refractivity contribution < 1.29 is 9.53 Å². The lowest BCUT2D eigenvalue weighted by atomic mass is 10.2. The molecule has 0 aliphatic carbocycles. The number of anilines is 2. The highest BCUT2D eigenvalue weighted by atomic mass is 16.5. The zero-order chi connectivity index (χ0) is 11.5. The minimum atomic E-state index is 0.149. The van der Waals surface area contributed by atoms with Crippen LogP contribution in [0.5, 0.6) is 5.75 Å². The molecule has 16 heavy (non-hydrogen) atoms. The third-order valence-electron chi connectivity index (χ3n) is 2.67. The fraction of sp³-hybridized carbons (Fsp3) is 0.417. The maximum atomic E-state index is 11.6. The second kappa shape index (κ2) is 4.43. The molecule has 4 heteroatoms. The molecule has 0 radical (unpaired) electrons. The standard InChI is InChI=1S/C12H16N2O2/c1-2-16-9-5-6-11(10(13)8-9)14-7-3-4-12(14)15/h5-6,8H,2-4,7,13H2,1H3. The summed E-state index contributed by atoms with van der Waals surface area (Å²) in [5, 5.41) is 0. The summed E-state index contributed by atoms with van der Waals surface area (Å²) in [5.74, 6) is 0.895.